The molecule has 27 heavy (non-hydrogen) atoms. The van der Waals surface area contributed by atoms with Crippen LogP contribution in [-0.4, -0.2) is 23.9 Å². The molecule has 0 atom stereocenters. The predicted octanol–water partition coefficient (Wildman–Crippen LogP) is 3.63. The van der Waals surface area contributed by atoms with Gasteiger partial charge in [-0.25, -0.2) is 14.5 Å². The molecule has 4 rings (SSSR count). The van der Waals surface area contributed by atoms with Crippen molar-refractivity contribution >= 4 is 11.2 Å². The molecule has 0 fully saturated rings. The molecule has 0 radical (unpaired) electrons. The van der Waals surface area contributed by atoms with Crippen molar-refractivity contribution in [1.82, 2.24) is 23.9 Å². The number of pyridine rings is 1. The van der Waals surface area contributed by atoms with Gasteiger partial charge in [0.2, 0.25) is 0 Å². The fraction of sp³-hybridized carbons (Fsp3) is 0.286. The third kappa shape index (κ3) is 3.07. The molecule has 0 spiro atoms. The Morgan fingerprint density at radius 2 is 1.81 bits per heavy atom. The van der Waals surface area contributed by atoms with Gasteiger partial charge in [0.1, 0.15) is 0 Å². The van der Waals surface area contributed by atoms with Crippen LogP contribution in [0.25, 0.3) is 28.1 Å². The zero-order chi connectivity index (χ0) is 19.2. The molecule has 0 bridgehead atoms. The summed E-state index contributed by atoms with van der Waals surface area (Å²) in [6, 6.07) is 13.9. The second kappa shape index (κ2) is 6.23. The number of hydrogen-bond donors (Lipinski definition) is 0. The van der Waals surface area contributed by atoms with E-state index in [2.05, 4.69) is 25.9 Å². The van der Waals surface area contributed by atoms with Crippen molar-refractivity contribution in [3.8, 4) is 16.9 Å². The lowest BCUT2D eigenvalue weighted by atomic mass is 9.97. The van der Waals surface area contributed by atoms with Gasteiger partial charge in [0.25, 0.3) is 0 Å². The summed E-state index contributed by atoms with van der Waals surface area (Å²) in [5.74, 6) is 0. The first-order valence-corrected chi connectivity index (χ1v) is 9.01. The van der Waals surface area contributed by atoms with Crippen LogP contribution in [0.3, 0.4) is 0 Å². The smallest absolute Gasteiger partial charge is 0.290 e. The summed E-state index contributed by atoms with van der Waals surface area (Å²) in [6.07, 6.45) is 3.66. The maximum Gasteiger partial charge on any atom is 0.330 e. The molecular weight excluding hydrogens is 338 g/mol. The highest BCUT2D eigenvalue weighted by atomic mass is 16.1. The maximum atomic E-state index is 12.7. The monoisotopic (exact) mass is 361 g/mol. The van der Waals surface area contributed by atoms with E-state index >= 15 is 0 Å². The highest BCUT2D eigenvalue weighted by molar-refractivity contribution is 5.78. The molecule has 0 unspecified atom stereocenters. The third-order valence-electron chi connectivity index (χ3n) is 4.54. The first kappa shape index (κ1) is 17.3. The number of rotatable bonds is 3. The minimum Gasteiger partial charge on any atom is -0.290 e. The molecule has 0 saturated carbocycles. The molecule has 0 aliphatic carbocycles. The van der Waals surface area contributed by atoms with Gasteiger partial charge in [-0.3, -0.25) is 9.13 Å². The van der Waals surface area contributed by atoms with Gasteiger partial charge in [-0.1, -0.05) is 39.0 Å². The number of imidazole rings is 1. The Labute approximate surface area is 157 Å². The number of benzene rings is 1. The van der Waals surface area contributed by atoms with Gasteiger partial charge in [-0.05, 0) is 29.7 Å². The Balaban J connectivity index is 1.90. The fourth-order valence-corrected chi connectivity index (χ4v) is 3.35. The Bertz CT molecular complexity index is 1160. The summed E-state index contributed by atoms with van der Waals surface area (Å²) >= 11 is 0. The SMILES string of the molecule is Cn1c(=O)n(CC(C)(C)C)c2ccc(-c3ccccc3-n3cccn3)nc21. The highest BCUT2D eigenvalue weighted by Gasteiger charge is 2.19. The summed E-state index contributed by atoms with van der Waals surface area (Å²) < 4.78 is 5.26. The summed E-state index contributed by atoms with van der Waals surface area (Å²) in [6.45, 7) is 7.02. The van der Waals surface area contributed by atoms with Crippen molar-refractivity contribution in [1.29, 1.82) is 0 Å². The highest BCUT2D eigenvalue weighted by Crippen LogP contribution is 2.27. The molecule has 3 heterocycles. The number of aromatic nitrogens is 5. The Morgan fingerprint density at radius 3 is 2.52 bits per heavy atom. The van der Waals surface area contributed by atoms with Crippen LogP contribution in [0.2, 0.25) is 0 Å². The molecule has 4 aromatic rings. The largest absolute Gasteiger partial charge is 0.330 e. The lowest BCUT2D eigenvalue weighted by molar-refractivity contribution is 0.342. The minimum atomic E-state index is -0.0371. The van der Waals surface area contributed by atoms with E-state index in [9.17, 15) is 4.79 Å². The van der Waals surface area contributed by atoms with Crippen LogP contribution in [-0.2, 0) is 13.6 Å². The number of hydrogen-bond acceptors (Lipinski definition) is 3. The van der Waals surface area contributed by atoms with Gasteiger partial charge in [0, 0.05) is 31.5 Å². The van der Waals surface area contributed by atoms with Gasteiger partial charge in [0.15, 0.2) is 5.65 Å². The maximum absolute atomic E-state index is 12.7. The van der Waals surface area contributed by atoms with Crippen LogP contribution < -0.4 is 5.69 Å². The second-order valence-electron chi connectivity index (χ2n) is 8.00. The van der Waals surface area contributed by atoms with Gasteiger partial charge < -0.3 is 0 Å². The van der Waals surface area contributed by atoms with Crippen molar-refractivity contribution < 1.29 is 0 Å². The van der Waals surface area contributed by atoms with Crippen LogP contribution in [0, 0.1) is 5.41 Å². The summed E-state index contributed by atoms with van der Waals surface area (Å²) in [5.41, 5.74) is 4.26. The molecule has 3 aromatic heterocycles. The van der Waals surface area contributed by atoms with Crippen molar-refractivity contribution in [2.24, 2.45) is 12.5 Å². The summed E-state index contributed by atoms with van der Waals surface area (Å²) in [4.78, 5) is 17.6. The van der Waals surface area contributed by atoms with E-state index < -0.39 is 0 Å². The van der Waals surface area contributed by atoms with E-state index in [0.717, 1.165) is 22.5 Å². The van der Waals surface area contributed by atoms with E-state index in [1.807, 2.05) is 57.9 Å². The van der Waals surface area contributed by atoms with Crippen LogP contribution in [0.5, 0.6) is 0 Å². The summed E-state index contributed by atoms with van der Waals surface area (Å²) in [7, 11) is 1.78. The molecular formula is C21H23N5O. The molecule has 0 N–H and O–H groups in total. The normalized spacial score (nSPS) is 12.0. The van der Waals surface area contributed by atoms with Gasteiger partial charge >= 0.3 is 5.69 Å². The quantitative estimate of drug-likeness (QED) is 0.560. The molecule has 0 amide bonds. The number of para-hydroxylation sites is 1. The lowest BCUT2D eigenvalue weighted by Gasteiger charge is -2.18. The Kier molecular flexibility index (Phi) is 3.98. The predicted molar refractivity (Wildman–Crippen MR) is 107 cm³/mol. The Morgan fingerprint density at radius 1 is 1.04 bits per heavy atom. The molecule has 138 valence electrons. The summed E-state index contributed by atoms with van der Waals surface area (Å²) in [5, 5.41) is 4.34. The minimum absolute atomic E-state index is 0.00345. The van der Waals surface area contributed by atoms with Gasteiger partial charge in [0.05, 0.1) is 16.9 Å². The fourth-order valence-electron chi connectivity index (χ4n) is 3.35. The van der Waals surface area contributed by atoms with E-state index in [1.54, 1.807) is 17.8 Å². The first-order valence-electron chi connectivity index (χ1n) is 9.01. The van der Waals surface area contributed by atoms with Gasteiger partial charge in [-0.15, -0.1) is 0 Å². The van der Waals surface area contributed by atoms with Gasteiger partial charge in [-0.2, -0.15) is 5.10 Å². The van der Waals surface area contributed by atoms with Crippen LogP contribution in [0.4, 0.5) is 0 Å². The Hall–Kier alpha value is -3.15. The van der Waals surface area contributed by atoms with Crippen molar-refractivity contribution in [3.05, 3.63) is 65.3 Å². The molecule has 6 heteroatoms. The number of fused-ring (bicyclic) bond motifs is 1. The number of nitrogens with zero attached hydrogens (tertiary/aromatic N) is 5. The van der Waals surface area contributed by atoms with Crippen molar-refractivity contribution in [3.63, 3.8) is 0 Å². The van der Waals surface area contributed by atoms with E-state index in [-0.39, 0.29) is 11.1 Å². The second-order valence-corrected chi connectivity index (χ2v) is 8.00. The lowest BCUT2D eigenvalue weighted by Crippen LogP contribution is -2.27. The first-order chi connectivity index (χ1) is 12.8. The number of aryl methyl sites for hydroxylation is 1. The zero-order valence-electron chi connectivity index (χ0n) is 16.0. The van der Waals surface area contributed by atoms with Crippen molar-refractivity contribution in [2.45, 2.75) is 27.3 Å². The molecule has 6 nitrogen and oxygen atoms in total. The molecule has 0 aliphatic heterocycles. The zero-order valence-corrected chi connectivity index (χ0v) is 16.0. The van der Waals surface area contributed by atoms with E-state index in [1.165, 1.54) is 0 Å². The van der Waals surface area contributed by atoms with Crippen LogP contribution in [0.1, 0.15) is 20.8 Å². The van der Waals surface area contributed by atoms with E-state index in [4.69, 9.17) is 4.98 Å². The third-order valence-corrected chi connectivity index (χ3v) is 4.54. The molecule has 1 aromatic carbocycles. The van der Waals surface area contributed by atoms with Crippen LogP contribution >= 0.6 is 0 Å². The average Bonchev–Trinajstić information content (AvgIpc) is 3.25. The molecule has 0 saturated heterocycles. The topological polar surface area (TPSA) is 57.6 Å². The standard InChI is InChI=1S/C21H23N5O/c1-21(2,3)14-25-18-11-10-16(23-19(18)24(4)20(25)27)15-8-5-6-9-17(15)26-13-7-12-22-26/h5-13H,14H2,1-4H3. The van der Waals surface area contributed by atoms with E-state index in [0.29, 0.717) is 12.2 Å². The molecule has 0 aliphatic rings. The van der Waals surface area contributed by atoms with Crippen molar-refractivity contribution in [2.75, 3.05) is 0 Å². The average molecular weight is 361 g/mol. The van der Waals surface area contributed by atoms with Crippen LogP contribution in [0.15, 0.2) is 59.7 Å².